The largest absolute Gasteiger partial charge is 0.477 e. The van der Waals surface area contributed by atoms with Crippen molar-refractivity contribution in [2.45, 2.75) is 17.8 Å². The summed E-state index contributed by atoms with van der Waals surface area (Å²) in [6, 6.07) is 8.62. The monoisotopic (exact) mass is 458 g/mol. The lowest BCUT2D eigenvalue weighted by Crippen LogP contribution is -2.70. The Labute approximate surface area is 156 Å². The number of benzene rings is 1. The number of carbonyl (C=O) groups excluding carboxylic acids is 2. The van der Waals surface area contributed by atoms with Crippen molar-refractivity contribution in [1.82, 2.24) is 10.2 Å². The van der Waals surface area contributed by atoms with E-state index in [1.165, 1.54) is 16.7 Å². The molecule has 0 bridgehead atoms. The summed E-state index contributed by atoms with van der Waals surface area (Å²) in [5.41, 5.74) is 1.69. The molecule has 2 aliphatic heterocycles. The highest BCUT2D eigenvalue weighted by Gasteiger charge is 2.53. The van der Waals surface area contributed by atoms with Crippen LogP contribution in [0.5, 0.6) is 0 Å². The number of nitrogens with one attached hydrogen (secondary N) is 1. The van der Waals surface area contributed by atoms with E-state index in [1.807, 2.05) is 30.3 Å². The lowest BCUT2D eigenvalue weighted by atomic mass is 10.0. The molecule has 1 aromatic carbocycles. The summed E-state index contributed by atoms with van der Waals surface area (Å²) in [5.74, 6) is -1.12. The average molecular weight is 458 g/mol. The van der Waals surface area contributed by atoms with Crippen molar-refractivity contribution in [2.24, 2.45) is 0 Å². The van der Waals surface area contributed by atoms with Crippen molar-refractivity contribution in [1.29, 1.82) is 0 Å². The number of carboxylic acid groups (broad SMARTS) is 1. The molecular formula is C16H15IN2O4S. The molecule has 0 aromatic heterocycles. The first kappa shape index (κ1) is 17.3. The molecule has 6 nitrogen and oxygen atoms in total. The zero-order chi connectivity index (χ0) is 17.3. The van der Waals surface area contributed by atoms with Crippen molar-refractivity contribution >= 4 is 52.1 Å². The van der Waals surface area contributed by atoms with Crippen LogP contribution < -0.4 is 5.32 Å². The van der Waals surface area contributed by atoms with Crippen LogP contribution in [-0.4, -0.2) is 49.4 Å². The lowest BCUT2D eigenvalue weighted by molar-refractivity contribution is -0.150. The van der Waals surface area contributed by atoms with E-state index < -0.39 is 12.0 Å². The molecule has 24 heavy (non-hydrogen) atoms. The molecule has 0 aliphatic carbocycles. The Morgan fingerprint density at radius 1 is 1.33 bits per heavy atom. The first-order chi connectivity index (χ1) is 11.5. The quantitative estimate of drug-likeness (QED) is 0.396. The fourth-order valence-electron chi connectivity index (χ4n) is 2.79. The molecule has 126 valence electrons. The van der Waals surface area contributed by atoms with Crippen molar-refractivity contribution in [2.75, 3.05) is 10.2 Å². The lowest BCUT2D eigenvalue weighted by Gasteiger charge is -2.49. The second-order valence-electron chi connectivity index (χ2n) is 5.51. The Morgan fingerprint density at radius 3 is 2.67 bits per heavy atom. The number of β-lactam (4-membered cyclic amide) rings is 1. The summed E-state index contributed by atoms with van der Waals surface area (Å²) in [6.45, 7) is 0. The van der Waals surface area contributed by atoms with Gasteiger partial charge < -0.3 is 10.4 Å². The van der Waals surface area contributed by atoms with E-state index in [-0.39, 0.29) is 29.3 Å². The van der Waals surface area contributed by atoms with Gasteiger partial charge in [0.25, 0.3) is 5.91 Å². The molecule has 2 N–H and O–H groups in total. The van der Waals surface area contributed by atoms with Gasteiger partial charge in [0.2, 0.25) is 5.91 Å². The van der Waals surface area contributed by atoms with Crippen molar-refractivity contribution < 1.29 is 19.5 Å². The molecule has 2 heterocycles. The summed E-state index contributed by atoms with van der Waals surface area (Å²) in [4.78, 5) is 37.3. The Kier molecular flexibility index (Phi) is 5.14. The van der Waals surface area contributed by atoms with Crippen molar-refractivity contribution in [3.05, 3.63) is 47.2 Å². The molecule has 8 heteroatoms. The number of alkyl halides is 1. The molecule has 0 saturated carbocycles. The van der Waals surface area contributed by atoms with Gasteiger partial charge in [-0.25, -0.2) is 4.79 Å². The highest BCUT2D eigenvalue weighted by molar-refractivity contribution is 14.1. The van der Waals surface area contributed by atoms with E-state index in [9.17, 15) is 19.5 Å². The van der Waals surface area contributed by atoms with Crippen LogP contribution in [0.1, 0.15) is 5.56 Å². The first-order valence-electron chi connectivity index (χ1n) is 7.32. The highest BCUT2D eigenvalue weighted by Crippen LogP contribution is 2.40. The average Bonchev–Trinajstić information content (AvgIpc) is 2.58. The Balaban J connectivity index is 1.69. The van der Waals surface area contributed by atoms with Gasteiger partial charge in [-0.2, -0.15) is 0 Å². The minimum atomic E-state index is -1.09. The van der Waals surface area contributed by atoms with Crippen LogP contribution in [0, 0.1) is 0 Å². The minimum Gasteiger partial charge on any atom is -0.477 e. The Hall–Kier alpha value is -1.55. The standard InChI is InChI=1S/C16H15IN2O4S/c17-7-10-8-24-15-12(14(21)19(15)13(10)16(22)23)18-11(20)6-9-4-2-1-3-5-9/h1-5,12,15H,6-8H2,(H,18,20)(H,22,23). The minimum absolute atomic E-state index is 0.0757. The fraction of sp³-hybridized carbons (Fsp3) is 0.312. The molecule has 2 aliphatic rings. The predicted molar refractivity (Wildman–Crippen MR) is 98.7 cm³/mol. The number of hydrogen-bond donors (Lipinski definition) is 2. The van der Waals surface area contributed by atoms with Crippen LogP contribution in [0.4, 0.5) is 0 Å². The number of hydrogen-bond acceptors (Lipinski definition) is 4. The summed E-state index contributed by atoms with van der Waals surface area (Å²) in [7, 11) is 0. The molecule has 0 spiro atoms. The third-order valence-corrected chi connectivity index (χ3v) is 6.20. The van der Waals surface area contributed by atoms with Crippen LogP contribution in [-0.2, 0) is 20.8 Å². The van der Waals surface area contributed by atoms with E-state index in [0.717, 1.165) is 11.1 Å². The molecule has 1 fully saturated rings. The van der Waals surface area contributed by atoms with Crippen LogP contribution in [0.3, 0.4) is 0 Å². The fourth-order valence-corrected chi connectivity index (χ4v) is 5.13. The summed E-state index contributed by atoms with van der Waals surface area (Å²) in [6.07, 6.45) is 0.197. The second kappa shape index (κ2) is 7.14. The second-order valence-corrected chi connectivity index (χ2v) is 7.38. The van der Waals surface area contributed by atoms with E-state index in [4.69, 9.17) is 0 Å². The topological polar surface area (TPSA) is 86.7 Å². The number of aliphatic carboxylic acids is 1. The number of rotatable bonds is 5. The van der Waals surface area contributed by atoms with Crippen molar-refractivity contribution in [3.63, 3.8) is 0 Å². The SMILES string of the molecule is O=C(Cc1ccccc1)NC1C(=O)N2C(C(=O)O)=C(CI)CSC12. The van der Waals surface area contributed by atoms with Crippen LogP contribution in [0.25, 0.3) is 0 Å². The molecule has 1 saturated heterocycles. The summed E-state index contributed by atoms with van der Waals surface area (Å²) < 4.78 is 0.563. The van der Waals surface area contributed by atoms with Gasteiger partial charge >= 0.3 is 5.97 Å². The van der Waals surface area contributed by atoms with Gasteiger partial charge in [0.05, 0.1) is 6.42 Å². The van der Waals surface area contributed by atoms with Gasteiger partial charge in [-0.1, -0.05) is 52.9 Å². The molecule has 1 aromatic rings. The summed E-state index contributed by atoms with van der Waals surface area (Å²) in [5, 5.41) is 11.8. The molecule has 2 atom stereocenters. The van der Waals surface area contributed by atoms with Gasteiger partial charge in [-0.3, -0.25) is 14.5 Å². The zero-order valence-electron chi connectivity index (χ0n) is 12.6. The first-order valence-corrected chi connectivity index (χ1v) is 9.89. The number of carbonyl (C=O) groups is 3. The molecule has 3 rings (SSSR count). The van der Waals surface area contributed by atoms with Crippen molar-refractivity contribution in [3.8, 4) is 0 Å². The molecular weight excluding hydrogens is 443 g/mol. The van der Waals surface area contributed by atoms with Gasteiger partial charge in [0, 0.05) is 10.2 Å². The maximum atomic E-state index is 12.4. The third kappa shape index (κ3) is 3.16. The maximum Gasteiger partial charge on any atom is 0.352 e. The predicted octanol–water partition coefficient (Wildman–Crippen LogP) is 1.40. The maximum absolute atomic E-state index is 12.4. The third-order valence-electron chi connectivity index (χ3n) is 3.94. The van der Waals surface area contributed by atoms with Crippen LogP contribution in [0.15, 0.2) is 41.6 Å². The van der Waals surface area contributed by atoms with E-state index in [2.05, 4.69) is 27.9 Å². The smallest absolute Gasteiger partial charge is 0.352 e. The summed E-state index contributed by atoms with van der Waals surface area (Å²) >= 11 is 3.59. The molecule has 2 unspecified atom stereocenters. The van der Waals surface area contributed by atoms with E-state index in [1.54, 1.807) is 0 Å². The van der Waals surface area contributed by atoms with Gasteiger partial charge in [-0.05, 0) is 11.1 Å². The number of fused-ring (bicyclic) bond motifs is 1. The number of thioether (sulfide) groups is 1. The Morgan fingerprint density at radius 2 is 2.04 bits per heavy atom. The number of carboxylic acids is 1. The number of halogens is 1. The normalized spacial score (nSPS) is 22.7. The molecule has 2 amide bonds. The van der Waals surface area contributed by atoms with Crippen LogP contribution in [0.2, 0.25) is 0 Å². The number of nitrogens with zero attached hydrogens (tertiary/aromatic N) is 1. The van der Waals surface area contributed by atoms with Gasteiger partial charge in [0.1, 0.15) is 17.1 Å². The van der Waals surface area contributed by atoms with E-state index in [0.29, 0.717) is 10.2 Å². The zero-order valence-corrected chi connectivity index (χ0v) is 15.5. The molecule has 0 radical (unpaired) electrons. The van der Waals surface area contributed by atoms with Gasteiger partial charge in [0.15, 0.2) is 0 Å². The Bertz CT molecular complexity index is 722. The number of amides is 2. The van der Waals surface area contributed by atoms with Gasteiger partial charge in [-0.15, -0.1) is 11.8 Å². The van der Waals surface area contributed by atoms with Crippen LogP contribution >= 0.6 is 34.4 Å². The van der Waals surface area contributed by atoms with E-state index >= 15 is 0 Å². The highest BCUT2D eigenvalue weighted by atomic mass is 127.